The van der Waals surface area contributed by atoms with Crippen LogP contribution in [0.15, 0.2) is 96.3 Å². The maximum atomic E-state index is 4.91. The molecule has 0 radical (unpaired) electrons. The molecule has 0 amide bonds. The number of hydrogen-bond acceptors (Lipinski definition) is 3. The summed E-state index contributed by atoms with van der Waals surface area (Å²) in [5.41, 5.74) is 6.90. The third kappa shape index (κ3) is 2.24. The van der Waals surface area contributed by atoms with Gasteiger partial charge in [0.05, 0.1) is 34.5 Å². The molecular weight excluding hydrogens is 320 g/mol. The highest BCUT2D eigenvalue weighted by atomic mass is 15.2. The fourth-order valence-corrected chi connectivity index (χ4v) is 3.40. The average Bonchev–Trinajstić information content (AvgIpc) is 3.25. The number of rotatable bonds is 2. The summed E-state index contributed by atoms with van der Waals surface area (Å²) >= 11 is 0. The minimum absolute atomic E-state index is 0.877. The van der Waals surface area contributed by atoms with Gasteiger partial charge in [-0.3, -0.25) is 5.10 Å². The highest BCUT2D eigenvalue weighted by Gasteiger charge is 2.29. The Morgan fingerprint density at radius 1 is 0.923 bits per heavy atom. The van der Waals surface area contributed by atoms with Gasteiger partial charge in [0.2, 0.25) is 0 Å². The number of H-pyrrole nitrogens is 1. The summed E-state index contributed by atoms with van der Waals surface area (Å²) < 4.78 is 0. The fraction of sp³-hybridized carbons (Fsp3) is 0. The van der Waals surface area contributed by atoms with Gasteiger partial charge < -0.3 is 4.90 Å². The molecule has 0 aliphatic carbocycles. The van der Waals surface area contributed by atoms with E-state index in [0.717, 1.165) is 44.9 Å². The van der Waals surface area contributed by atoms with E-state index in [9.17, 15) is 0 Å². The molecule has 1 aliphatic rings. The molecule has 124 valence electrons. The quantitative estimate of drug-likeness (QED) is 0.536. The summed E-state index contributed by atoms with van der Waals surface area (Å²) in [6.45, 7) is 4.33. The number of aromatic amines is 1. The topological polar surface area (TPSA) is 44.3 Å². The third-order valence-corrected chi connectivity index (χ3v) is 4.62. The third-order valence-electron chi connectivity index (χ3n) is 4.62. The lowest BCUT2D eigenvalue weighted by molar-refractivity contribution is 1.12. The predicted octanol–water partition coefficient (Wildman–Crippen LogP) is 5.35. The smallest absolute Gasteiger partial charge is 0.0964 e. The molecular formula is C22H16N4. The van der Waals surface area contributed by atoms with Gasteiger partial charge in [0.1, 0.15) is 0 Å². The number of aromatic nitrogens is 2. The number of para-hydroxylation sites is 2. The number of fused-ring (bicyclic) bond motifs is 2. The van der Waals surface area contributed by atoms with Gasteiger partial charge in [-0.2, -0.15) is 5.10 Å². The molecule has 0 saturated heterocycles. The second-order valence-electron chi connectivity index (χ2n) is 6.24. The molecule has 0 unspecified atom stereocenters. The van der Waals surface area contributed by atoms with Gasteiger partial charge >= 0.3 is 0 Å². The lowest BCUT2D eigenvalue weighted by atomic mass is 10.1. The minimum atomic E-state index is 0.877. The largest absolute Gasteiger partial charge is 0.308 e. The van der Waals surface area contributed by atoms with Crippen LogP contribution in [0.25, 0.3) is 10.9 Å². The molecule has 3 aromatic carbocycles. The summed E-state index contributed by atoms with van der Waals surface area (Å²) in [7, 11) is 0. The first kappa shape index (κ1) is 14.7. The number of hydrogen-bond donors (Lipinski definition) is 1. The van der Waals surface area contributed by atoms with Gasteiger partial charge in [-0.1, -0.05) is 43.0 Å². The van der Waals surface area contributed by atoms with Crippen LogP contribution >= 0.6 is 0 Å². The Hall–Kier alpha value is -3.66. The molecule has 26 heavy (non-hydrogen) atoms. The van der Waals surface area contributed by atoms with Gasteiger partial charge in [-0.25, -0.2) is 4.99 Å². The van der Waals surface area contributed by atoms with Crippen molar-refractivity contribution in [3.05, 3.63) is 96.8 Å². The lowest BCUT2D eigenvalue weighted by Gasteiger charge is -2.20. The summed E-state index contributed by atoms with van der Waals surface area (Å²) in [6, 6.07) is 24.6. The molecule has 4 heteroatoms. The van der Waals surface area contributed by atoms with E-state index in [-0.39, 0.29) is 0 Å². The molecule has 0 atom stereocenters. The van der Waals surface area contributed by atoms with Crippen LogP contribution in [-0.4, -0.2) is 15.9 Å². The molecule has 4 nitrogen and oxygen atoms in total. The Morgan fingerprint density at radius 2 is 1.73 bits per heavy atom. The Morgan fingerprint density at radius 3 is 2.62 bits per heavy atom. The van der Waals surface area contributed by atoms with Gasteiger partial charge in [-0.05, 0) is 36.4 Å². The van der Waals surface area contributed by atoms with Gasteiger partial charge in [-0.15, -0.1) is 0 Å². The van der Waals surface area contributed by atoms with Crippen LogP contribution in [0.2, 0.25) is 0 Å². The molecule has 4 aromatic rings. The van der Waals surface area contributed by atoms with Crippen LogP contribution in [0, 0.1) is 0 Å². The summed E-state index contributed by atoms with van der Waals surface area (Å²) in [5.74, 6) is 0. The van der Waals surface area contributed by atoms with E-state index in [1.54, 1.807) is 0 Å². The molecule has 2 heterocycles. The minimum Gasteiger partial charge on any atom is -0.308 e. The standard InChI is InChI=1S/C22H16N4/c1-15-22(24-17-12-11-16-14-23-25-20(16)13-17)19-9-5-6-10-21(19)26(15)18-7-3-2-4-8-18/h2-14H,1H2,(H,23,25)/b24-22+. The van der Waals surface area contributed by atoms with Gasteiger partial charge in [0, 0.05) is 16.6 Å². The normalized spacial score (nSPS) is 15.0. The second kappa shape index (κ2) is 5.70. The molecule has 1 N–H and O–H groups in total. The number of aliphatic imine (C=N–C) groups is 1. The number of allylic oxidation sites excluding steroid dienone is 1. The monoisotopic (exact) mass is 336 g/mol. The van der Waals surface area contributed by atoms with E-state index in [2.05, 4.69) is 45.9 Å². The molecule has 0 spiro atoms. The number of nitrogens with one attached hydrogen (secondary N) is 1. The Labute approximate surface area is 151 Å². The fourth-order valence-electron chi connectivity index (χ4n) is 3.40. The van der Waals surface area contributed by atoms with Crippen LogP contribution in [0.5, 0.6) is 0 Å². The molecule has 5 rings (SSSR count). The van der Waals surface area contributed by atoms with Gasteiger partial charge in [0.25, 0.3) is 0 Å². The lowest BCUT2D eigenvalue weighted by Crippen LogP contribution is -2.13. The van der Waals surface area contributed by atoms with Crippen molar-refractivity contribution in [2.24, 2.45) is 4.99 Å². The van der Waals surface area contributed by atoms with Crippen molar-refractivity contribution in [2.45, 2.75) is 0 Å². The first-order chi connectivity index (χ1) is 12.8. The highest BCUT2D eigenvalue weighted by Crippen LogP contribution is 2.40. The van der Waals surface area contributed by atoms with E-state index in [4.69, 9.17) is 4.99 Å². The zero-order chi connectivity index (χ0) is 17.5. The van der Waals surface area contributed by atoms with E-state index in [1.165, 1.54) is 0 Å². The van der Waals surface area contributed by atoms with Crippen LogP contribution < -0.4 is 4.90 Å². The number of benzene rings is 3. The van der Waals surface area contributed by atoms with Crippen LogP contribution in [0.4, 0.5) is 17.1 Å². The highest BCUT2D eigenvalue weighted by molar-refractivity contribution is 6.24. The van der Waals surface area contributed by atoms with Crippen molar-refractivity contribution in [3.63, 3.8) is 0 Å². The van der Waals surface area contributed by atoms with E-state index in [0.29, 0.717) is 0 Å². The van der Waals surface area contributed by atoms with Crippen molar-refractivity contribution < 1.29 is 0 Å². The Kier molecular flexibility index (Phi) is 3.22. The van der Waals surface area contributed by atoms with Crippen LogP contribution in [0.1, 0.15) is 5.56 Å². The number of nitrogens with zero attached hydrogens (tertiary/aromatic N) is 3. The van der Waals surface area contributed by atoms with Gasteiger partial charge in [0.15, 0.2) is 0 Å². The average molecular weight is 336 g/mol. The van der Waals surface area contributed by atoms with E-state index < -0.39 is 0 Å². The van der Waals surface area contributed by atoms with E-state index in [1.807, 2.05) is 54.7 Å². The Balaban J connectivity index is 1.66. The maximum Gasteiger partial charge on any atom is 0.0964 e. The molecule has 0 saturated carbocycles. The zero-order valence-corrected chi connectivity index (χ0v) is 14.1. The molecule has 1 aliphatic heterocycles. The number of anilines is 2. The Bertz CT molecular complexity index is 1150. The first-order valence-corrected chi connectivity index (χ1v) is 8.47. The second-order valence-corrected chi connectivity index (χ2v) is 6.24. The van der Waals surface area contributed by atoms with Crippen LogP contribution in [-0.2, 0) is 0 Å². The molecule has 0 fully saturated rings. The van der Waals surface area contributed by atoms with E-state index >= 15 is 0 Å². The van der Waals surface area contributed by atoms with Crippen molar-refractivity contribution in [3.8, 4) is 0 Å². The van der Waals surface area contributed by atoms with Crippen LogP contribution in [0.3, 0.4) is 0 Å². The van der Waals surface area contributed by atoms with Crippen molar-refractivity contribution in [1.29, 1.82) is 0 Å². The molecule has 1 aromatic heterocycles. The SMILES string of the molecule is C=C1/C(=N\c2ccc3cn[nH]c3c2)c2ccccc2N1c1ccccc1. The molecule has 0 bridgehead atoms. The van der Waals surface area contributed by atoms with Crippen molar-refractivity contribution in [2.75, 3.05) is 4.90 Å². The summed E-state index contributed by atoms with van der Waals surface area (Å²) in [5, 5.41) is 8.15. The van der Waals surface area contributed by atoms with Crippen molar-refractivity contribution >= 4 is 33.7 Å². The zero-order valence-electron chi connectivity index (χ0n) is 14.1. The summed E-state index contributed by atoms with van der Waals surface area (Å²) in [4.78, 5) is 7.07. The predicted molar refractivity (Wildman–Crippen MR) is 106 cm³/mol. The summed E-state index contributed by atoms with van der Waals surface area (Å²) in [6.07, 6.45) is 1.81. The first-order valence-electron chi connectivity index (χ1n) is 8.47. The maximum absolute atomic E-state index is 4.91. The van der Waals surface area contributed by atoms with Crippen molar-refractivity contribution in [1.82, 2.24) is 10.2 Å².